The number of hydrogen-bond acceptors (Lipinski definition) is 2. The minimum Gasteiger partial charge on any atom is -0.310 e. The molecule has 1 aromatic rings. The number of fused-ring (bicyclic) bond motifs is 1. The predicted molar refractivity (Wildman–Crippen MR) is 87.1 cm³/mol. The Hall–Kier alpha value is -0.860. The summed E-state index contributed by atoms with van der Waals surface area (Å²) in [5.41, 5.74) is 2.93. The number of benzene rings is 1. The fourth-order valence-electron chi connectivity index (χ4n) is 4.30. The zero-order valence-electron chi connectivity index (χ0n) is 13.1. The van der Waals surface area contributed by atoms with E-state index in [1.165, 1.54) is 62.6 Å². The van der Waals surface area contributed by atoms with Gasteiger partial charge in [-0.05, 0) is 62.1 Å². The number of rotatable bonds is 5. The molecule has 2 unspecified atom stereocenters. The summed E-state index contributed by atoms with van der Waals surface area (Å²) in [6.07, 6.45) is 10.0. The molecule has 1 aliphatic heterocycles. The van der Waals surface area contributed by atoms with E-state index in [2.05, 4.69) is 34.5 Å². The van der Waals surface area contributed by atoms with E-state index in [1.807, 2.05) is 0 Å². The highest BCUT2D eigenvalue weighted by Crippen LogP contribution is 2.37. The van der Waals surface area contributed by atoms with Crippen LogP contribution in [0, 0.1) is 5.92 Å². The standard InChI is InChI=1S/C19H28N2/c1-3-17-4-2-12-21(19(17)5-1)14-16-8-6-15(7-9-16)13-20-18-10-11-18/h6-9,17-20H,1-5,10-14H2. The molecule has 1 N–H and O–H groups in total. The highest BCUT2D eigenvalue weighted by molar-refractivity contribution is 5.23. The Kier molecular flexibility index (Phi) is 4.00. The van der Waals surface area contributed by atoms with Gasteiger partial charge in [0.05, 0.1) is 0 Å². The lowest BCUT2D eigenvalue weighted by atomic mass is 9.91. The molecule has 0 spiro atoms. The average Bonchev–Trinajstić information content (AvgIpc) is 3.22. The molecule has 1 aromatic carbocycles. The summed E-state index contributed by atoms with van der Waals surface area (Å²) < 4.78 is 0. The van der Waals surface area contributed by atoms with Crippen LogP contribution in [0.3, 0.4) is 0 Å². The van der Waals surface area contributed by atoms with Crippen molar-refractivity contribution in [3.05, 3.63) is 35.4 Å². The Bertz CT molecular complexity index is 463. The third-order valence-electron chi connectivity index (χ3n) is 5.69. The van der Waals surface area contributed by atoms with Crippen molar-refractivity contribution in [2.75, 3.05) is 6.54 Å². The van der Waals surface area contributed by atoms with Gasteiger partial charge in [0.25, 0.3) is 0 Å². The maximum Gasteiger partial charge on any atom is 0.0236 e. The lowest BCUT2D eigenvalue weighted by molar-refractivity contribution is 0.106. The fourth-order valence-corrected chi connectivity index (χ4v) is 4.30. The molecule has 114 valence electrons. The van der Waals surface area contributed by atoms with E-state index < -0.39 is 0 Å². The van der Waals surface area contributed by atoms with Gasteiger partial charge in [-0.2, -0.15) is 0 Å². The van der Waals surface area contributed by atoms with Crippen molar-refractivity contribution < 1.29 is 0 Å². The monoisotopic (exact) mass is 284 g/mol. The maximum absolute atomic E-state index is 3.59. The Labute approximate surface area is 128 Å². The van der Waals surface area contributed by atoms with E-state index in [9.17, 15) is 0 Å². The van der Waals surface area contributed by atoms with Crippen molar-refractivity contribution >= 4 is 0 Å². The van der Waals surface area contributed by atoms with Gasteiger partial charge in [-0.3, -0.25) is 4.90 Å². The molecular formula is C19H28N2. The quantitative estimate of drug-likeness (QED) is 0.887. The first kappa shape index (κ1) is 13.8. The van der Waals surface area contributed by atoms with Crippen molar-refractivity contribution in [2.24, 2.45) is 5.92 Å². The third-order valence-corrected chi connectivity index (χ3v) is 5.69. The van der Waals surface area contributed by atoms with E-state index in [4.69, 9.17) is 0 Å². The van der Waals surface area contributed by atoms with Gasteiger partial charge in [0.15, 0.2) is 0 Å². The van der Waals surface area contributed by atoms with Crippen molar-refractivity contribution in [1.29, 1.82) is 0 Å². The van der Waals surface area contributed by atoms with Crippen LogP contribution in [0.2, 0.25) is 0 Å². The minimum atomic E-state index is 0.803. The third kappa shape index (κ3) is 3.32. The summed E-state index contributed by atoms with van der Waals surface area (Å²) in [4.78, 5) is 2.76. The molecule has 3 aliphatic rings. The fraction of sp³-hybridized carbons (Fsp3) is 0.684. The molecule has 4 rings (SSSR count). The van der Waals surface area contributed by atoms with Crippen LogP contribution < -0.4 is 5.32 Å². The van der Waals surface area contributed by atoms with Gasteiger partial charge in [0.2, 0.25) is 0 Å². The van der Waals surface area contributed by atoms with Gasteiger partial charge in [0.1, 0.15) is 0 Å². The Morgan fingerprint density at radius 2 is 1.67 bits per heavy atom. The van der Waals surface area contributed by atoms with Crippen LogP contribution in [-0.2, 0) is 13.1 Å². The van der Waals surface area contributed by atoms with Crippen LogP contribution in [0.1, 0.15) is 56.1 Å². The van der Waals surface area contributed by atoms with Crippen LogP contribution in [0.15, 0.2) is 24.3 Å². The molecule has 0 amide bonds. The summed E-state index contributed by atoms with van der Waals surface area (Å²) >= 11 is 0. The molecule has 3 fully saturated rings. The molecule has 2 heteroatoms. The summed E-state index contributed by atoms with van der Waals surface area (Å²) in [5.74, 6) is 1.00. The molecule has 2 atom stereocenters. The summed E-state index contributed by atoms with van der Waals surface area (Å²) in [7, 11) is 0. The molecule has 2 saturated carbocycles. The smallest absolute Gasteiger partial charge is 0.0236 e. The van der Waals surface area contributed by atoms with Gasteiger partial charge < -0.3 is 5.32 Å². The van der Waals surface area contributed by atoms with Crippen LogP contribution in [0.25, 0.3) is 0 Å². The van der Waals surface area contributed by atoms with Crippen LogP contribution in [0.4, 0.5) is 0 Å². The molecule has 0 bridgehead atoms. The zero-order chi connectivity index (χ0) is 14.1. The predicted octanol–water partition coefficient (Wildman–Crippen LogP) is 3.70. The lowest BCUT2D eigenvalue weighted by Gasteiger charge is -2.37. The number of nitrogens with one attached hydrogen (secondary N) is 1. The average molecular weight is 284 g/mol. The molecular weight excluding hydrogens is 256 g/mol. The van der Waals surface area contributed by atoms with Gasteiger partial charge in [-0.1, -0.05) is 30.7 Å². The highest BCUT2D eigenvalue weighted by atomic mass is 15.2. The molecule has 2 aliphatic carbocycles. The topological polar surface area (TPSA) is 15.3 Å². The molecule has 0 aromatic heterocycles. The van der Waals surface area contributed by atoms with Crippen molar-refractivity contribution in [3.8, 4) is 0 Å². The molecule has 1 heterocycles. The van der Waals surface area contributed by atoms with Gasteiger partial charge >= 0.3 is 0 Å². The van der Waals surface area contributed by atoms with E-state index in [-0.39, 0.29) is 0 Å². The second kappa shape index (κ2) is 6.10. The Balaban J connectivity index is 1.35. The van der Waals surface area contributed by atoms with Crippen molar-refractivity contribution in [1.82, 2.24) is 10.2 Å². The van der Waals surface area contributed by atoms with Gasteiger partial charge in [-0.25, -0.2) is 0 Å². The van der Waals surface area contributed by atoms with Crippen LogP contribution >= 0.6 is 0 Å². The number of hydrogen-bond donors (Lipinski definition) is 1. The number of nitrogens with zero attached hydrogens (tertiary/aromatic N) is 1. The lowest BCUT2D eigenvalue weighted by Crippen LogP contribution is -2.41. The second-order valence-corrected chi connectivity index (χ2v) is 7.34. The van der Waals surface area contributed by atoms with Gasteiger partial charge in [0, 0.05) is 25.2 Å². The van der Waals surface area contributed by atoms with Crippen LogP contribution in [-0.4, -0.2) is 23.5 Å². The number of piperidine rings is 1. The first-order chi connectivity index (χ1) is 10.4. The Morgan fingerprint density at radius 1 is 0.905 bits per heavy atom. The first-order valence-electron chi connectivity index (χ1n) is 8.94. The van der Waals surface area contributed by atoms with Crippen LogP contribution in [0.5, 0.6) is 0 Å². The molecule has 1 saturated heterocycles. The largest absolute Gasteiger partial charge is 0.310 e. The summed E-state index contributed by atoms with van der Waals surface area (Å²) in [6, 6.07) is 11.0. The summed E-state index contributed by atoms with van der Waals surface area (Å²) in [5, 5.41) is 3.59. The van der Waals surface area contributed by atoms with Crippen molar-refractivity contribution in [3.63, 3.8) is 0 Å². The molecule has 2 nitrogen and oxygen atoms in total. The molecule has 21 heavy (non-hydrogen) atoms. The summed E-state index contributed by atoms with van der Waals surface area (Å²) in [6.45, 7) is 3.52. The first-order valence-corrected chi connectivity index (χ1v) is 8.94. The number of likely N-dealkylation sites (tertiary alicyclic amines) is 1. The molecule has 0 radical (unpaired) electrons. The SMILES string of the molecule is c1cc(CN2CCCC3CCCC32)ccc1CNC1CC1. The minimum absolute atomic E-state index is 0.803. The van der Waals surface area contributed by atoms with E-state index in [1.54, 1.807) is 0 Å². The van der Waals surface area contributed by atoms with E-state index in [0.29, 0.717) is 0 Å². The van der Waals surface area contributed by atoms with Gasteiger partial charge in [-0.15, -0.1) is 0 Å². The zero-order valence-corrected chi connectivity index (χ0v) is 13.1. The van der Waals surface area contributed by atoms with Crippen molar-refractivity contribution in [2.45, 2.75) is 70.1 Å². The normalized spacial score (nSPS) is 29.5. The second-order valence-electron chi connectivity index (χ2n) is 7.34. The van der Waals surface area contributed by atoms with E-state index in [0.717, 1.165) is 31.1 Å². The highest BCUT2D eigenvalue weighted by Gasteiger charge is 2.34. The Morgan fingerprint density at radius 3 is 2.48 bits per heavy atom. The maximum atomic E-state index is 3.59. The van der Waals surface area contributed by atoms with E-state index >= 15 is 0 Å².